The lowest BCUT2D eigenvalue weighted by atomic mass is 10.1. The number of hydrogen-bond donors (Lipinski definition) is 0. The van der Waals surface area contributed by atoms with Gasteiger partial charge in [-0.1, -0.05) is 0 Å². The Hall–Kier alpha value is -2.34. The maximum atomic E-state index is 5.54. The van der Waals surface area contributed by atoms with E-state index in [2.05, 4.69) is 50.8 Å². The van der Waals surface area contributed by atoms with Gasteiger partial charge in [0.2, 0.25) is 0 Å². The van der Waals surface area contributed by atoms with E-state index in [0.717, 1.165) is 41.5 Å². The lowest BCUT2D eigenvalue weighted by Crippen LogP contribution is -2.15. The van der Waals surface area contributed by atoms with Crippen LogP contribution in [0.3, 0.4) is 0 Å². The SMILES string of the molecule is CO[C@H](C)c1cc(N2CCn3nccc32)cn2cc(C)nc12. The molecule has 4 rings (SSSR count). The Morgan fingerprint density at radius 1 is 1.27 bits per heavy atom. The number of pyridine rings is 1. The molecule has 1 atom stereocenters. The summed E-state index contributed by atoms with van der Waals surface area (Å²) in [6, 6.07) is 4.23. The number of fused-ring (bicyclic) bond motifs is 2. The van der Waals surface area contributed by atoms with Crippen LogP contribution in [-0.4, -0.2) is 32.8 Å². The van der Waals surface area contributed by atoms with Gasteiger partial charge in [-0.15, -0.1) is 0 Å². The van der Waals surface area contributed by atoms with Gasteiger partial charge in [0.15, 0.2) is 0 Å². The lowest BCUT2D eigenvalue weighted by molar-refractivity contribution is 0.120. The molecule has 0 radical (unpaired) electrons. The minimum atomic E-state index is -0.00300. The molecule has 3 aromatic heterocycles. The normalized spacial score (nSPS) is 15.5. The van der Waals surface area contributed by atoms with Crippen molar-refractivity contribution in [2.24, 2.45) is 0 Å². The van der Waals surface area contributed by atoms with Crippen molar-refractivity contribution in [3.05, 3.63) is 42.0 Å². The Balaban J connectivity index is 1.89. The summed E-state index contributed by atoms with van der Waals surface area (Å²) in [5.41, 5.74) is 4.21. The van der Waals surface area contributed by atoms with E-state index in [1.807, 2.05) is 17.8 Å². The van der Waals surface area contributed by atoms with Gasteiger partial charge in [-0.25, -0.2) is 9.67 Å². The third-order valence-corrected chi connectivity index (χ3v) is 4.29. The maximum absolute atomic E-state index is 5.54. The average Bonchev–Trinajstić information content (AvgIpc) is 3.18. The predicted octanol–water partition coefficient (Wildman–Crippen LogP) is 2.70. The van der Waals surface area contributed by atoms with E-state index in [1.165, 1.54) is 0 Å². The topological polar surface area (TPSA) is 47.6 Å². The number of imidazole rings is 1. The summed E-state index contributed by atoms with van der Waals surface area (Å²) in [6.45, 7) is 5.91. The van der Waals surface area contributed by atoms with Crippen LogP contribution in [0.25, 0.3) is 5.65 Å². The molecule has 0 bridgehead atoms. The molecule has 0 saturated carbocycles. The van der Waals surface area contributed by atoms with Gasteiger partial charge in [0, 0.05) is 37.7 Å². The van der Waals surface area contributed by atoms with E-state index in [0.29, 0.717) is 0 Å². The molecule has 0 fully saturated rings. The van der Waals surface area contributed by atoms with Gasteiger partial charge >= 0.3 is 0 Å². The number of ether oxygens (including phenoxy) is 1. The van der Waals surface area contributed by atoms with Gasteiger partial charge < -0.3 is 14.0 Å². The first-order valence-electron chi connectivity index (χ1n) is 7.49. The van der Waals surface area contributed by atoms with Crippen molar-refractivity contribution < 1.29 is 4.74 Å². The van der Waals surface area contributed by atoms with E-state index in [-0.39, 0.29) is 6.10 Å². The second-order valence-electron chi connectivity index (χ2n) is 5.71. The highest BCUT2D eigenvalue weighted by molar-refractivity contribution is 5.66. The van der Waals surface area contributed by atoms with Crippen LogP contribution in [0.15, 0.2) is 30.7 Å². The number of aromatic nitrogens is 4. The van der Waals surface area contributed by atoms with Crippen LogP contribution in [-0.2, 0) is 11.3 Å². The molecule has 6 heteroatoms. The average molecular weight is 297 g/mol. The Kier molecular flexibility index (Phi) is 2.94. The standard InChI is InChI=1S/C16H19N5O/c1-11-9-19-10-13(8-14(12(2)22-3)16(19)18-11)20-6-7-21-15(20)4-5-17-21/h4-5,8-10,12H,6-7H2,1-3H3/t12-/m1/s1. The van der Waals surface area contributed by atoms with Crippen molar-refractivity contribution >= 4 is 17.2 Å². The first kappa shape index (κ1) is 13.3. The van der Waals surface area contributed by atoms with Crippen molar-refractivity contribution in [3.63, 3.8) is 0 Å². The molecule has 114 valence electrons. The lowest BCUT2D eigenvalue weighted by Gasteiger charge is -2.20. The fourth-order valence-electron chi connectivity index (χ4n) is 3.10. The molecule has 0 saturated heterocycles. The summed E-state index contributed by atoms with van der Waals surface area (Å²) >= 11 is 0. The summed E-state index contributed by atoms with van der Waals surface area (Å²) in [5.74, 6) is 1.13. The van der Waals surface area contributed by atoms with Crippen molar-refractivity contribution in [1.29, 1.82) is 0 Å². The molecule has 0 spiro atoms. The summed E-state index contributed by atoms with van der Waals surface area (Å²) < 4.78 is 9.66. The van der Waals surface area contributed by atoms with Crippen molar-refractivity contribution in [1.82, 2.24) is 19.2 Å². The third kappa shape index (κ3) is 1.91. The van der Waals surface area contributed by atoms with E-state index in [4.69, 9.17) is 4.74 Å². The van der Waals surface area contributed by atoms with Crippen LogP contribution in [0.5, 0.6) is 0 Å². The third-order valence-electron chi connectivity index (χ3n) is 4.29. The largest absolute Gasteiger partial charge is 0.377 e. The Morgan fingerprint density at radius 3 is 2.95 bits per heavy atom. The van der Waals surface area contributed by atoms with Crippen LogP contribution in [0.1, 0.15) is 24.3 Å². The summed E-state index contributed by atoms with van der Waals surface area (Å²) in [5, 5.41) is 4.34. The highest BCUT2D eigenvalue weighted by Gasteiger charge is 2.23. The minimum Gasteiger partial charge on any atom is -0.377 e. The Morgan fingerprint density at radius 2 is 2.14 bits per heavy atom. The summed E-state index contributed by atoms with van der Waals surface area (Å²) in [7, 11) is 1.73. The zero-order chi connectivity index (χ0) is 15.3. The molecule has 3 aromatic rings. The van der Waals surface area contributed by atoms with E-state index in [1.54, 1.807) is 7.11 Å². The molecular weight excluding hydrogens is 278 g/mol. The minimum absolute atomic E-state index is 0.00300. The molecular formula is C16H19N5O. The van der Waals surface area contributed by atoms with Gasteiger partial charge in [0.1, 0.15) is 11.5 Å². The molecule has 1 aliphatic heterocycles. The number of anilines is 2. The molecule has 0 aromatic carbocycles. The van der Waals surface area contributed by atoms with Gasteiger partial charge in [-0.2, -0.15) is 5.10 Å². The quantitative estimate of drug-likeness (QED) is 0.746. The van der Waals surface area contributed by atoms with E-state index < -0.39 is 0 Å². The number of aryl methyl sites for hydroxylation is 1. The molecule has 1 aliphatic rings. The fourth-order valence-corrected chi connectivity index (χ4v) is 3.10. The number of rotatable bonds is 3. The Labute approximate surface area is 128 Å². The molecule has 22 heavy (non-hydrogen) atoms. The van der Waals surface area contributed by atoms with Crippen LogP contribution < -0.4 is 4.90 Å². The fraction of sp³-hybridized carbons (Fsp3) is 0.375. The van der Waals surface area contributed by atoms with Gasteiger partial charge in [-0.3, -0.25) is 0 Å². The van der Waals surface area contributed by atoms with Crippen LogP contribution >= 0.6 is 0 Å². The predicted molar refractivity (Wildman–Crippen MR) is 84.6 cm³/mol. The number of nitrogens with zero attached hydrogens (tertiary/aromatic N) is 5. The first-order valence-corrected chi connectivity index (χ1v) is 7.49. The monoisotopic (exact) mass is 297 g/mol. The Bertz CT molecular complexity index is 834. The van der Waals surface area contributed by atoms with Crippen LogP contribution in [0, 0.1) is 6.92 Å². The zero-order valence-corrected chi connectivity index (χ0v) is 13.0. The smallest absolute Gasteiger partial charge is 0.142 e. The number of methoxy groups -OCH3 is 1. The second-order valence-corrected chi connectivity index (χ2v) is 5.71. The molecule has 0 amide bonds. The van der Waals surface area contributed by atoms with E-state index >= 15 is 0 Å². The van der Waals surface area contributed by atoms with Crippen molar-refractivity contribution in [2.75, 3.05) is 18.6 Å². The highest BCUT2D eigenvalue weighted by Crippen LogP contribution is 2.33. The molecule has 0 N–H and O–H groups in total. The number of hydrogen-bond acceptors (Lipinski definition) is 4. The van der Waals surface area contributed by atoms with Crippen molar-refractivity contribution in [2.45, 2.75) is 26.5 Å². The van der Waals surface area contributed by atoms with Gasteiger partial charge in [0.25, 0.3) is 0 Å². The summed E-state index contributed by atoms with van der Waals surface area (Å²) in [4.78, 5) is 6.92. The molecule has 0 unspecified atom stereocenters. The van der Waals surface area contributed by atoms with Gasteiger partial charge in [-0.05, 0) is 19.9 Å². The van der Waals surface area contributed by atoms with Gasteiger partial charge in [0.05, 0.1) is 30.2 Å². The van der Waals surface area contributed by atoms with Crippen LogP contribution in [0.2, 0.25) is 0 Å². The highest BCUT2D eigenvalue weighted by atomic mass is 16.5. The summed E-state index contributed by atoms with van der Waals surface area (Å²) in [6.07, 6.45) is 6.03. The van der Waals surface area contributed by atoms with Crippen LogP contribution in [0.4, 0.5) is 11.5 Å². The molecule has 0 aliphatic carbocycles. The van der Waals surface area contributed by atoms with E-state index in [9.17, 15) is 0 Å². The zero-order valence-electron chi connectivity index (χ0n) is 13.0. The maximum Gasteiger partial charge on any atom is 0.142 e. The second kappa shape index (κ2) is 4.84. The molecule has 4 heterocycles. The first-order chi connectivity index (χ1) is 10.7. The molecule has 6 nitrogen and oxygen atoms in total. The van der Waals surface area contributed by atoms with Crippen molar-refractivity contribution in [3.8, 4) is 0 Å².